The second-order valence-electron chi connectivity index (χ2n) is 5.66. The average molecular weight is 401 g/mol. The number of pyridine rings is 1. The van der Waals surface area contributed by atoms with Crippen LogP contribution in [0.4, 0.5) is 15.8 Å². The number of benzene rings is 2. The number of nitrogens with zero attached hydrogens (tertiary/aromatic N) is 1. The van der Waals surface area contributed by atoms with Gasteiger partial charge in [0.25, 0.3) is 15.9 Å². The predicted molar refractivity (Wildman–Crippen MR) is 102 cm³/mol. The smallest absolute Gasteiger partial charge is 0.262 e. The summed E-state index contributed by atoms with van der Waals surface area (Å²) in [6.45, 7) is 0. The number of amides is 1. The lowest BCUT2D eigenvalue weighted by Crippen LogP contribution is -2.15. The van der Waals surface area contributed by atoms with E-state index in [2.05, 4.69) is 15.0 Å². The molecule has 7 nitrogen and oxygen atoms in total. The summed E-state index contributed by atoms with van der Waals surface area (Å²) in [7, 11) is -2.59. The van der Waals surface area contributed by atoms with Crippen molar-refractivity contribution >= 4 is 27.3 Å². The molecule has 0 atom stereocenters. The van der Waals surface area contributed by atoms with Gasteiger partial charge in [0.2, 0.25) is 0 Å². The van der Waals surface area contributed by atoms with Crippen LogP contribution in [0.15, 0.2) is 71.9 Å². The average Bonchev–Trinajstić information content (AvgIpc) is 2.69. The minimum Gasteiger partial charge on any atom is -0.495 e. The van der Waals surface area contributed by atoms with Gasteiger partial charge in [0, 0.05) is 23.6 Å². The summed E-state index contributed by atoms with van der Waals surface area (Å²) in [4.78, 5) is 16.0. The first-order chi connectivity index (χ1) is 13.4. The molecule has 0 radical (unpaired) electrons. The molecular weight excluding hydrogens is 385 g/mol. The van der Waals surface area contributed by atoms with Crippen molar-refractivity contribution in [2.24, 2.45) is 0 Å². The fourth-order valence-corrected chi connectivity index (χ4v) is 3.45. The summed E-state index contributed by atoms with van der Waals surface area (Å²) in [5, 5.41) is 2.68. The van der Waals surface area contributed by atoms with E-state index in [0.29, 0.717) is 11.3 Å². The molecule has 0 saturated heterocycles. The van der Waals surface area contributed by atoms with E-state index in [0.717, 1.165) is 24.3 Å². The van der Waals surface area contributed by atoms with E-state index in [1.807, 2.05) is 0 Å². The SMILES string of the molecule is COc1ccc(NC(=O)c2ccncc2)cc1NS(=O)(=O)c1ccc(F)cc1. The van der Waals surface area contributed by atoms with Gasteiger partial charge in [-0.25, -0.2) is 12.8 Å². The van der Waals surface area contributed by atoms with Crippen molar-refractivity contribution in [3.05, 3.63) is 78.4 Å². The van der Waals surface area contributed by atoms with E-state index in [1.54, 1.807) is 18.2 Å². The van der Waals surface area contributed by atoms with E-state index in [-0.39, 0.29) is 22.2 Å². The van der Waals surface area contributed by atoms with E-state index in [9.17, 15) is 17.6 Å². The minimum atomic E-state index is -3.98. The van der Waals surface area contributed by atoms with Crippen LogP contribution in [0.5, 0.6) is 5.75 Å². The number of hydrogen-bond donors (Lipinski definition) is 2. The molecule has 0 aliphatic carbocycles. The molecule has 3 rings (SSSR count). The molecule has 2 aromatic carbocycles. The Labute approximate surface area is 161 Å². The first-order valence-electron chi connectivity index (χ1n) is 8.07. The van der Waals surface area contributed by atoms with Gasteiger partial charge in [-0.2, -0.15) is 0 Å². The first kappa shape index (κ1) is 19.3. The summed E-state index contributed by atoms with van der Waals surface area (Å²) in [5.41, 5.74) is 0.887. The van der Waals surface area contributed by atoms with Gasteiger partial charge in [-0.1, -0.05) is 0 Å². The third kappa shape index (κ3) is 4.44. The number of anilines is 2. The number of ether oxygens (including phenoxy) is 1. The molecule has 0 unspecified atom stereocenters. The molecule has 0 aliphatic heterocycles. The standard InChI is InChI=1S/C19H16FN3O4S/c1-27-18-7-4-15(22-19(24)13-8-10-21-11-9-13)12-17(18)23-28(25,26)16-5-2-14(20)3-6-16/h2-12,23H,1H3,(H,22,24). The van der Waals surface area contributed by atoms with Gasteiger partial charge < -0.3 is 10.1 Å². The summed E-state index contributed by atoms with van der Waals surface area (Å²) in [6, 6.07) is 12.0. The van der Waals surface area contributed by atoms with Crippen LogP contribution in [0.3, 0.4) is 0 Å². The molecule has 1 aromatic heterocycles. The number of carbonyl (C=O) groups excluding carboxylic acids is 1. The molecular formula is C19H16FN3O4S. The zero-order valence-electron chi connectivity index (χ0n) is 14.7. The summed E-state index contributed by atoms with van der Waals surface area (Å²) >= 11 is 0. The monoisotopic (exact) mass is 401 g/mol. The Kier molecular flexibility index (Phi) is 5.55. The molecule has 0 aliphatic rings. The maximum absolute atomic E-state index is 13.1. The van der Waals surface area contributed by atoms with Crippen LogP contribution in [0.1, 0.15) is 10.4 Å². The van der Waals surface area contributed by atoms with Gasteiger partial charge in [0.1, 0.15) is 11.6 Å². The molecule has 2 N–H and O–H groups in total. The highest BCUT2D eigenvalue weighted by Crippen LogP contribution is 2.30. The Balaban J connectivity index is 1.87. The van der Waals surface area contributed by atoms with Crippen molar-refractivity contribution in [1.82, 2.24) is 4.98 Å². The molecule has 144 valence electrons. The Morgan fingerprint density at radius 3 is 2.36 bits per heavy atom. The number of hydrogen-bond acceptors (Lipinski definition) is 5. The molecule has 0 bridgehead atoms. The third-order valence-corrected chi connectivity index (χ3v) is 5.15. The van der Waals surface area contributed by atoms with Gasteiger partial charge in [-0.3, -0.25) is 14.5 Å². The quantitative estimate of drug-likeness (QED) is 0.661. The van der Waals surface area contributed by atoms with Crippen LogP contribution in [-0.4, -0.2) is 26.4 Å². The van der Waals surface area contributed by atoms with Crippen molar-refractivity contribution < 1.29 is 22.3 Å². The maximum Gasteiger partial charge on any atom is 0.262 e. The summed E-state index contributed by atoms with van der Waals surface area (Å²) < 4.78 is 45.7. The fraction of sp³-hybridized carbons (Fsp3) is 0.0526. The van der Waals surface area contributed by atoms with E-state index in [4.69, 9.17) is 4.74 Å². The van der Waals surface area contributed by atoms with Crippen LogP contribution >= 0.6 is 0 Å². The van der Waals surface area contributed by atoms with E-state index < -0.39 is 15.8 Å². The zero-order chi connectivity index (χ0) is 20.1. The van der Waals surface area contributed by atoms with Crippen LogP contribution in [-0.2, 0) is 10.0 Å². The summed E-state index contributed by atoms with van der Waals surface area (Å²) in [6.07, 6.45) is 2.98. The third-order valence-electron chi connectivity index (χ3n) is 3.77. The van der Waals surface area contributed by atoms with Crippen molar-refractivity contribution in [2.45, 2.75) is 4.90 Å². The number of halogens is 1. The first-order valence-corrected chi connectivity index (χ1v) is 9.55. The molecule has 9 heteroatoms. The normalized spacial score (nSPS) is 10.9. The van der Waals surface area contributed by atoms with Gasteiger partial charge in [-0.05, 0) is 54.6 Å². The lowest BCUT2D eigenvalue weighted by molar-refractivity contribution is 0.102. The number of carbonyl (C=O) groups is 1. The molecule has 1 amide bonds. The topological polar surface area (TPSA) is 97.4 Å². The number of rotatable bonds is 6. The Bertz CT molecular complexity index is 1090. The predicted octanol–water partition coefficient (Wildman–Crippen LogP) is 3.28. The molecule has 0 fully saturated rings. The van der Waals surface area contributed by atoms with Crippen LogP contribution in [0.2, 0.25) is 0 Å². The summed E-state index contributed by atoms with van der Waals surface area (Å²) in [5.74, 6) is -0.662. The number of sulfonamides is 1. The second-order valence-corrected chi connectivity index (χ2v) is 7.35. The van der Waals surface area contributed by atoms with Gasteiger partial charge >= 0.3 is 0 Å². The number of aromatic nitrogens is 1. The van der Waals surface area contributed by atoms with Crippen molar-refractivity contribution in [3.63, 3.8) is 0 Å². The van der Waals surface area contributed by atoms with Gasteiger partial charge in [-0.15, -0.1) is 0 Å². The maximum atomic E-state index is 13.1. The lowest BCUT2D eigenvalue weighted by Gasteiger charge is -2.14. The fourth-order valence-electron chi connectivity index (χ4n) is 2.39. The zero-order valence-corrected chi connectivity index (χ0v) is 15.5. The van der Waals surface area contributed by atoms with E-state index >= 15 is 0 Å². The van der Waals surface area contributed by atoms with E-state index in [1.165, 1.54) is 31.6 Å². The van der Waals surface area contributed by atoms with Crippen LogP contribution in [0, 0.1) is 5.82 Å². The highest BCUT2D eigenvalue weighted by Gasteiger charge is 2.17. The molecule has 0 spiro atoms. The second kappa shape index (κ2) is 8.05. The Morgan fingerprint density at radius 2 is 1.71 bits per heavy atom. The number of methoxy groups -OCH3 is 1. The van der Waals surface area contributed by atoms with Crippen molar-refractivity contribution in [1.29, 1.82) is 0 Å². The van der Waals surface area contributed by atoms with Gasteiger partial charge in [0.15, 0.2) is 0 Å². The molecule has 3 aromatic rings. The van der Waals surface area contributed by atoms with Crippen molar-refractivity contribution in [2.75, 3.05) is 17.1 Å². The van der Waals surface area contributed by atoms with Crippen LogP contribution in [0.25, 0.3) is 0 Å². The largest absolute Gasteiger partial charge is 0.495 e. The lowest BCUT2D eigenvalue weighted by atomic mass is 10.2. The minimum absolute atomic E-state index is 0.109. The van der Waals surface area contributed by atoms with Crippen LogP contribution < -0.4 is 14.8 Å². The number of nitrogens with one attached hydrogen (secondary N) is 2. The molecule has 0 saturated carbocycles. The van der Waals surface area contributed by atoms with Crippen molar-refractivity contribution in [3.8, 4) is 5.75 Å². The Hall–Kier alpha value is -3.46. The Morgan fingerprint density at radius 1 is 1.04 bits per heavy atom. The highest BCUT2D eigenvalue weighted by atomic mass is 32.2. The molecule has 28 heavy (non-hydrogen) atoms. The molecule has 1 heterocycles. The van der Waals surface area contributed by atoms with Gasteiger partial charge in [0.05, 0.1) is 17.7 Å². The highest BCUT2D eigenvalue weighted by molar-refractivity contribution is 7.92.